The lowest BCUT2D eigenvalue weighted by molar-refractivity contribution is -0.175. The van der Waals surface area contributed by atoms with Gasteiger partial charge in [-0.25, -0.2) is 0 Å². The van der Waals surface area contributed by atoms with Gasteiger partial charge in [0.05, 0.1) is 11.2 Å². The monoisotopic (exact) mass is 160 g/mol. The van der Waals surface area contributed by atoms with Crippen LogP contribution >= 0.6 is 0 Å². The Hall–Kier alpha value is -0.0800. The Balaban J connectivity index is 4.75. The van der Waals surface area contributed by atoms with E-state index >= 15 is 0 Å². The minimum absolute atomic E-state index is 0.314. The van der Waals surface area contributed by atoms with Crippen LogP contribution in [0.4, 0.5) is 0 Å². The van der Waals surface area contributed by atoms with Crippen molar-refractivity contribution in [3.8, 4) is 0 Å². The fraction of sp³-hybridized carbons (Fsp3) is 1.00. The second-order valence-electron chi connectivity index (χ2n) is 4.88. The number of rotatable bonds is 1. The Morgan fingerprint density at radius 2 is 1.00 bits per heavy atom. The van der Waals surface area contributed by atoms with Crippen molar-refractivity contribution < 1.29 is 10.2 Å². The van der Waals surface area contributed by atoms with Crippen LogP contribution in [0.2, 0.25) is 0 Å². The number of hydrogen-bond acceptors (Lipinski definition) is 2. The predicted molar refractivity (Wildman–Crippen MR) is 46.4 cm³/mol. The van der Waals surface area contributed by atoms with Gasteiger partial charge < -0.3 is 10.2 Å². The van der Waals surface area contributed by atoms with Crippen LogP contribution < -0.4 is 0 Å². The lowest BCUT2D eigenvalue weighted by Crippen LogP contribution is -2.56. The first-order valence-corrected chi connectivity index (χ1v) is 3.95. The zero-order chi connectivity index (χ0) is 9.50. The second-order valence-corrected chi connectivity index (χ2v) is 4.88. The van der Waals surface area contributed by atoms with Crippen molar-refractivity contribution in [2.75, 3.05) is 0 Å². The summed E-state index contributed by atoms with van der Waals surface area (Å²) in [4.78, 5) is 0. The summed E-state index contributed by atoms with van der Waals surface area (Å²) in [5.41, 5.74) is -2.45. The van der Waals surface area contributed by atoms with E-state index in [1.807, 2.05) is 20.8 Å². The Kier molecular flexibility index (Phi) is 2.44. The van der Waals surface area contributed by atoms with Crippen LogP contribution in [0.5, 0.6) is 0 Å². The molecule has 0 aromatic rings. The molecule has 11 heavy (non-hydrogen) atoms. The van der Waals surface area contributed by atoms with Crippen LogP contribution in [0.1, 0.15) is 41.5 Å². The van der Waals surface area contributed by atoms with E-state index in [4.69, 9.17) is 0 Å². The maximum absolute atomic E-state index is 9.94. The van der Waals surface area contributed by atoms with Gasteiger partial charge in [0.2, 0.25) is 0 Å². The Morgan fingerprint density at radius 3 is 1.00 bits per heavy atom. The molecule has 0 saturated carbocycles. The maximum atomic E-state index is 9.94. The zero-order valence-electron chi connectivity index (χ0n) is 8.39. The molecule has 0 aromatic carbocycles. The smallest absolute Gasteiger partial charge is 0.0947 e. The number of aliphatic hydroxyl groups is 2. The third kappa shape index (κ3) is 1.94. The van der Waals surface area contributed by atoms with Crippen molar-refractivity contribution in [1.82, 2.24) is 0 Å². The first kappa shape index (κ1) is 10.9. The van der Waals surface area contributed by atoms with Gasteiger partial charge in [-0.05, 0) is 26.2 Å². The minimum atomic E-state index is -1.07. The van der Waals surface area contributed by atoms with Gasteiger partial charge in [0.15, 0.2) is 0 Å². The Labute approximate surface area is 69.2 Å². The Bertz CT molecular complexity index is 119. The lowest BCUT2D eigenvalue weighted by atomic mass is 9.69. The molecule has 0 aliphatic heterocycles. The molecule has 0 bridgehead atoms. The van der Waals surface area contributed by atoms with Crippen LogP contribution in [-0.2, 0) is 0 Å². The fourth-order valence-electron chi connectivity index (χ4n) is 0.918. The highest BCUT2D eigenvalue weighted by Crippen LogP contribution is 2.37. The molecule has 1 unspecified atom stereocenters. The van der Waals surface area contributed by atoms with Crippen molar-refractivity contribution >= 4 is 0 Å². The SMILES string of the molecule is CC(C)(C)C(C)(O)C(C)(C)O. The molecule has 0 amide bonds. The summed E-state index contributed by atoms with van der Waals surface area (Å²) in [7, 11) is 0. The van der Waals surface area contributed by atoms with E-state index in [2.05, 4.69) is 0 Å². The highest BCUT2D eigenvalue weighted by atomic mass is 16.4. The van der Waals surface area contributed by atoms with Crippen LogP contribution in [0.3, 0.4) is 0 Å². The van der Waals surface area contributed by atoms with E-state index in [-0.39, 0.29) is 5.41 Å². The summed E-state index contributed by atoms with van der Waals surface area (Å²) in [5, 5.41) is 19.6. The molecule has 0 aliphatic rings. The van der Waals surface area contributed by atoms with E-state index in [0.717, 1.165) is 0 Å². The van der Waals surface area contributed by atoms with E-state index in [9.17, 15) is 10.2 Å². The highest BCUT2D eigenvalue weighted by molar-refractivity contribution is 4.98. The third-order valence-corrected chi connectivity index (χ3v) is 2.65. The maximum Gasteiger partial charge on any atom is 0.0947 e. The topological polar surface area (TPSA) is 40.5 Å². The molecule has 0 heterocycles. The summed E-state index contributed by atoms with van der Waals surface area (Å²) in [6, 6.07) is 0. The van der Waals surface area contributed by atoms with Gasteiger partial charge in [0, 0.05) is 0 Å². The van der Waals surface area contributed by atoms with E-state index in [1.165, 1.54) is 0 Å². The standard InChI is InChI=1S/C9H20O2/c1-7(2,3)9(6,11)8(4,5)10/h10-11H,1-6H3. The molecular weight excluding hydrogens is 140 g/mol. The van der Waals surface area contributed by atoms with Crippen LogP contribution in [-0.4, -0.2) is 21.4 Å². The molecule has 0 radical (unpaired) electrons. The van der Waals surface area contributed by atoms with Gasteiger partial charge in [-0.3, -0.25) is 0 Å². The molecule has 2 heteroatoms. The molecule has 0 aromatic heterocycles. The Morgan fingerprint density at radius 1 is 0.727 bits per heavy atom. The molecule has 2 N–H and O–H groups in total. The quantitative estimate of drug-likeness (QED) is 0.611. The molecule has 0 aliphatic carbocycles. The molecule has 0 saturated heterocycles. The van der Waals surface area contributed by atoms with Crippen molar-refractivity contribution in [1.29, 1.82) is 0 Å². The van der Waals surface area contributed by atoms with Crippen molar-refractivity contribution in [2.45, 2.75) is 52.7 Å². The first-order chi connectivity index (χ1) is 4.50. The fourth-order valence-corrected chi connectivity index (χ4v) is 0.918. The molecule has 68 valence electrons. The van der Waals surface area contributed by atoms with E-state index in [0.29, 0.717) is 0 Å². The van der Waals surface area contributed by atoms with Gasteiger partial charge in [0.25, 0.3) is 0 Å². The minimum Gasteiger partial charge on any atom is -0.387 e. The van der Waals surface area contributed by atoms with Gasteiger partial charge in [-0.15, -0.1) is 0 Å². The third-order valence-electron chi connectivity index (χ3n) is 2.65. The predicted octanol–water partition coefficient (Wildman–Crippen LogP) is 1.55. The zero-order valence-corrected chi connectivity index (χ0v) is 8.39. The molecule has 0 fully saturated rings. The number of hydrogen-bond donors (Lipinski definition) is 2. The van der Waals surface area contributed by atoms with E-state index in [1.54, 1.807) is 20.8 Å². The van der Waals surface area contributed by atoms with Crippen molar-refractivity contribution in [3.05, 3.63) is 0 Å². The van der Waals surface area contributed by atoms with Gasteiger partial charge in [-0.2, -0.15) is 0 Å². The van der Waals surface area contributed by atoms with Gasteiger partial charge in [0.1, 0.15) is 0 Å². The van der Waals surface area contributed by atoms with E-state index < -0.39 is 11.2 Å². The highest BCUT2D eigenvalue weighted by Gasteiger charge is 2.46. The molecule has 2 nitrogen and oxygen atoms in total. The second kappa shape index (κ2) is 2.46. The summed E-state index contributed by atoms with van der Waals surface area (Å²) >= 11 is 0. The van der Waals surface area contributed by atoms with Crippen LogP contribution in [0.25, 0.3) is 0 Å². The molecule has 0 rings (SSSR count). The normalized spacial score (nSPS) is 19.6. The largest absolute Gasteiger partial charge is 0.387 e. The van der Waals surface area contributed by atoms with Crippen molar-refractivity contribution in [2.24, 2.45) is 5.41 Å². The lowest BCUT2D eigenvalue weighted by Gasteiger charge is -2.45. The molecule has 0 spiro atoms. The van der Waals surface area contributed by atoms with Crippen molar-refractivity contribution in [3.63, 3.8) is 0 Å². The van der Waals surface area contributed by atoms with Gasteiger partial charge in [-0.1, -0.05) is 20.8 Å². The summed E-state index contributed by atoms with van der Waals surface area (Å²) < 4.78 is 0. The summed E-state index contributed by atoms with van der Waals surface area (Å²) in [6.07, 6.45) is 0. The summed E-state index contributed by atoms with van der Waals surface area (Å²) in [6.45, 7) is 10.6. The first-order valence-electron chi connectivity index (χ1n) is 3.95. The summed E-state index contributed by atoms with van der Waals surface area (Å²) in [5.74, 6) is 0. The molecular formula is C9H20O2. The van der Waals surface area contributed by atoms with Crippen LogP contribution in [0.15, 0.2) is 0 Å². The van der Waals surface area contributed by atoms with Gasteiger partial charge >= 0.3 is 0 Å². The van der Waals surface area contributed by atoms with Crippen LogP contribution in [0, 0.1) is 5.41 Å². The molecule has 1 atom stereocenters. The average molecular weight is 160 g/mol. The average Bonchev–Trinajstić information content (AvgIpc) is 1.58.